The molecule has 1 unspecified atom stereocenters. The molecule has 1 aliphatic heterocycles. The van der Waals surface area contributed by atoms with Gasteiger partial charge in [-0.25, -0.2) is 12.7 Å². The summed E-state index contributed by atoms with van der Waals surface area (Å²) in [4.78, 5) is 4.28. The molecule has 9 heteroatoms. The predicted octanol–water partition coefficient (Wildman–Crippen LogP) is 2.97. The number of aliphatic imine (C=N–C) groups is 1. The van der Waals surface area contributed by atoms with Gasteiger partial charge in [-0.1, -0.05) is 37.6 Å². The van der Waals surface area contributed by atoms with Crippen LogP contribution >= 0.6 is 35.6 Å². The molecule has 0 radical (unpaired) electrons. The summed E-state index contributed by atoms with van der Waals surface area (Å²) in [6.07, 6.45) is 3.05. The van der Waals surface area contributed by atoms with Gasteiger partial charge in [-0.05, 0) is 41.9 Å². The molecule has 0 aromatic heterocycles. The quantitative estimate of drug-likeness (QED) is 0.316. The van der Waals surface area contributed by atoms with Gasteiger partial charge in [0.15, 0.2) is 5.96 Å². The fourth-order valence-electron chi connectivity index (χ4n) is 3.31. The highest BCUT2D eigenvalue weighted by atomic mass is 127. The van der Waals surface area contributed by atoms with Crippen LogP contribution in [-0.4, -0.2) is 58.2 Å². The Balaban J connectivity index is 0.00000392. The van der Waals surface area contributed by atoms with E-state index in [1.165, 1.54) is 11.8 Å². The fourth-order valence-corrected chi connectivity index (χ4v) is 4.44. The van der Waals surface area contributed by atoms with Gasteiger partial charge in [0, 0.05) is 38.2 Å². The van der Waals surface area contributed by atoms with Crippen LogP contribution in [0.15, 0.2) is 29.3 Å². The fraction of sp³-hybridized carbons (Fsp3) is 0.632. The van der Waals surface area contributed by atoms with Gasteiger partial charge in [-0.15, -0.1) is 24.0 Å². The molecule has 2 N–H and O–H groups in total. The number of nitrogens with zero attached hydrogens (tertiary/aromatic N) is 2. The zero-order valence-electron chi connectivity index (χ0n) is 17.0. The number of rotatable bonds is 7. The second-order valence-electron chi connectivity index (χ2n) is 8.05. The van der Waals surface area contributed by atoms with Gasteiger partial charge in [0.25, 0.3) is 0 Å². The van der Waals surface area contributed by atoms with E-state index in [9.17, 15) is 8.42 Å². The Kier molecular flexibility index (Phi) is 9.99. The Morgan fingerprint density at radius 3 is 2.64 bits per heavy atom. The molecule has 1 aromatic carbocycles. The highest BCUT2D eigenvalue weighted by Crippen LogP contribution is 2.23. The second-order valence-corrected chi connectivity index (χ2v) is 10.5. The van der Waals surface area contributed by atoms with Gasteiger partial charge in [-0.2, -0.15) is 0 Å². The molecule has 1 atom stereocenters. The third-order valence-corrected chi connectivity index (χ3v) is 6.31. The van der Waals surface area contributed by atoms with Crippen LogP contribution in [0.4, 0.5) is 0 Å². The first-order chi connectivity index (χ1) is 12.6. The van der Waals surface area contributed by atoms with Crippen molar-refractivity contribution in [2.45, 2.75) is 26.7 Å². The van der Waals surface area contributed by atoms with Crippen LogP contribution in [0.3, 0.4) is 0 Å². The summed E-state index contributed by atoms with van der Waals surface area (Å²) >= 11 is 6.08. The highest BCUT2D eigenvalue weighted by molar-refractivity contribution is 14.0. The third-order valence-electron chi connectivity index (χ3n) is 4.81. The molecule has 0 saturated carbocycles. The SMILES string of the molecule is CN=C(NCC1CCN(S(C)(=O)=O)C1)NCC(C)(C)Cc1cccc(Cl)c1.I. The summed E-state index contributed by atoms with van der Waals surface area (Å²) in [5, 5.41) is 7.47. The van der Waals surface area contributed by atoms with Crippen molar-refractivity contribution in [3.8, 4) is 0 Å². The summed E-state index contributed by atoms with van der Waals surface area (Å²) in [6, 6.07) is 7.96. The van der Waals surface area contributed by atoms with Gasteiger partial charge >= 0.3 is 0 Å². The summed E-state index contributed by atoms with van der Waals surface area (Å²) in [5.74, 6) is 1.05. The third kappa shape index (κ3) is 8.42. The van der Waals surface area contributed by atoms with Crippen molar-refractivity contribution in [2.24, 2.45) is 16.3 Å². The largest absolute Gasteiger partial charge is 0.356 e. The molecule has 0 aliphatic carbocycles. The smallest absolute Gasteiger partial charge is 0.211 e. The molecular formula is C19H32ClIN4O2S. The molecule has 0 bridgehead atoms. The molecule has 28 heavy (non-hydrogen) atoms. The minimum atomic E-state index is -3.09. The molecular weight excluding hydrogens is 511 g/mol. The predicted molar refractivity (Wildman–Crippen MR) is 128 cm³/mol. The van der Waals surface area contributed by atoms with Crippen LogP contribution in [0, 0.1) is 11.3 Å². The molecule has 1 aliphatic rings. The van der Waals surface area contributed by atoms with E-state index in [1.54, 1.807) is 11.4 Å². The lowest BCUT2D eigenvalue weighted by Crippen LogP contribution is -2.44. The van der Waals surface area contributed by atoms with Gasteiger partial charge < -0.3 is 10.6 Å². The minimum Gasteiger partial charge on any atom is -0.356 e. The van der Waals surface area contributed by atoms with E-state index in [4.69, 9.17) is 11.6 Å². The number of sulfonamides is 1. The average Bonchev–Trinajstić information content (AvgIpc) is 3.04. The molecule has 1 heterocycles. The standard InChI is InChI=1S/C19H31ClN4O2S.HI/c1-19(2,11-15-6-5-7-17(20)10-15)14-23-18(21-3)22-12-16-8-9-24(13-16)27(4,25)26;/h5-7,10,16H,8-9,11-14H2,1-4H3,(H2,21,22,23);1H. The van der Waals surface area contributed by atoms with Crippen molar-refractivity contribution in [3.05, 3.63) is 34.9 Å². The van der Waals surface area contributed by atoms with Crippen molar-refractivity contribution in [1.82, 2.24) is 14.9 Å². The minimum absolute atomic E-state index is 0. The number of hydrogen-bond acceptors (Lipinski definition) is 3. The normalized spacial score (nSPS) is 18.6. The Morgan fingerprint density at radius 2 is 2.07 bits per heavy atom. The number of nitrogens with one attached hydrogen (secondary N) is 2. The van der Waals surface area contributed by atoms with E-state index in [1.807, 2.05) is 18.2 Å². The van der Waals surface area contributed by atoms with E-state index in [-0.39, 0.29) is 29.4 Å². The topological polar surface area (TPSA) is 73.8 Å². The van der Waals surface area contributed by atoms with Gasteiger partial charge in [0.1, 0.15) is 0 Å². The summed E-state index contributed by atoms with van der Waals surface area (Å²) in [5.41, 5.74) is 1.24. The first-order valence-electron chi connectivity index (χ1n) is 9.23. The van der Waals surface area contributed by atoms with E-state index < -0.39 is 10.0 Å². The second kappa shape index (κ2) is 11.0. The van der Waals surface area contributed by atoms with Gasteiger partial charge in [-0.3, -0.25) is 4.99 Å². The molecule has 0 spiro atoms. The van der Waals surface area contributed by atoms with Crippen molar-refractivity contribution >= 4 is 51.6 Å². The van der Waals surface area contributed by atoms with Crippen LogP contribution in [0.25, 0.3) is 0 Å². The van der Waals surface area contributed by atoms with Crippen molar-refractivity contribution in [3.63, 3.8) is 0 Å². The summed E-state index contributed by atoms with van der Waals surface area (Å²) in [6.45, 7) is 7.05. The Hall–Kier alpha value is -0.580. The Labute approximate surface area is 191 Å². The Bertz CT molecular complexity index is 771. The molecule has 1 saturated heterocycles. The molecule has 0 amide bonds. The Morgan fingerprint density at radius 1 is 1.36 bits per heavy atom. The zero-order valence-corrected chi connectivity index (χ0v) is 20.9. The lowest BCUT2D eigenvalue weighted by atomic mass is 9.86. The van der Waals surface area contributed by atoms with Crippen LogP contribution < -0.4 is 10.6 Å². The lowest BCUT2D eigenvalue weighted by Gasteiger charge is -2.26. The van der Waals surface area contributed by atoms with Crippen LogP contribution in [0.2, 0.25) is 5.02 Å². The number of guanidine groups is 1. The molecule has 1 aromatic rings. The first kappa shape index (κ1) is 25.5. The van der Waals surface area contributed by atoms with Crippen LogP contribution in [-0.2, 0) is 16.4 Å². The van der Waals surface area contributed by atoms with E-state index in [0.717, 1.165) is 30.4 Å². The van der Waals surface area contributed by atoms with E-state index >= 15 is 0 Å². The lowest BCUT2D eigenvalue weighted by molar-refractivity contribution is 0.358. The number of halogens is 2. The van der Waals surface area contributed by atoms with Gasteiger partial charge in [0.05, 0.1) is 6.26 Å². The highest BCUT2D eigenvalue weighted by Gasteiger charge is 2.28. The molecule has 1 fully saturated rings. The number of benzene rings is 1. The summed E-state index contributed by atoms with van der Waals surface area (Å²) in [7, 11) is -1.34. The van der Waals surface area contributed by atoms with E-state index in [0.29, 0.717) is 25.6 Å². The number of hydrogen-bond donors (Lipinski definition) is 2. The van der Waals surface area contributed by atoms with Crippen molar-refractivity contribution in [1.29, 1.82) is 0 Å². The maximum atomic E-state index is 11.6. The maximum Gasteiger partial charge on any atom is 0.211 e. The summed E-state index contributed by atoms with van der Waals surface area (Å²) < 4.78 is 24.8. The average molecular weight is 543 g/mol. The van der Waals surface area contributed by atoms with Crippen molar-refractivity contribution in [2.75, 3.05) is 39.5 Å². The molecule has 2 rings (SSSR count). The maximum absolute atomic E-state index is 11.6. The van der Waals surface area contributed by atoms with Crippen molar-refractivity contribution < 1.29 is 8.42 Å². The van der Waals surface area contributed by atoms with Gasteiger partial charge in [0.2, 0.25) is 10.0 Å². The molecule has 6 nitrogen and oxygen atoms in total. The monoisotopic (exact) mass is 542 g/mol. The van der Waals surface area contributed by atoms with E-state index in [2.05, 4.69) is 35.5 Å². The zero-order chi connectivity index (χ0) is 20.1. The van der Waals surface area contributed by atoms with Crippen LogP contribution in [0.5, 0.6) is 0 Å². The first-order valence-corrected chi connectivity index (χ1v) is 11.5. The van der Waals surface area contributed by atoms with Crippen LogP contribution in [0.1, 0.15) is 25.8 Å². The molecule has 160 valence electrons.